The summed E-state index contributed by atoms with van der Waals surface area (Å²) in [5, 5.41) is 22.6. The number of nitrogens with zero attached hydrogens (tertiary/aromatic N) is 1. The van der Waals surface area contributed by atoms with E-state index in [1.165, 1.54) is 13.4 Å². The van der Waals surface area contributed by atoms with Crippen molar-refractivity contribution in [1.29, 1.82) is 0 Å². The average Bonchev–Trinajstić information content (AvgIpc) is 2.64. The summed E-state index contributed by atoms with van der Waals surface area (Å²) in [7, 11) is 2.96. The Bertz CT molecular complexity index is 855. The lowest BCUT2D eigenvalue weighted by molar-refractivity contribution is -0.130. The number of carboxylic acid groups (broad SMARTS) is 1. The maximum absolute atomic E-state index is 11.6. The molecule has 0 saturated heterocycles. The van der Waals surface area contributed by atoms with Gasteiger partial charge in [0.25, 0.3) is 0 Å². The van der Waals surface area contributed by atoms with E-state index in [1.54, 1.807) is 19.2 Å². The molecule has 0 amide bonds. The van der Waals surface area contributed by atoms with Crippen molar-refractivity contribution in [2.75, 3.05) is 14.2 Å². The van der Waals surface area contributed by atoms with Crippen LogP contribution in [-0.4, -0.2) is 36.2 Å². The van der Waals surface area contributed by atoms with Crippen LogP contribution in [0.4, 0.5) is 0 Å². The zero-order valence-electron chi connectivity index (χ0n) is 14.9. The smallest absolute Gasteiger partial charge is 0.339 e. The molecule has 6 heteroatoms. The highest BCUT2D eigenvalue weighted by molar-refractivity contribution is 6.19. The highest BCUT2D eigenvalue weighted by Crippen LogP contribution is 2.25. The summed E-state index contributed by atoms with van der Waals surface area (Å²) in [6.07, 6.45) is 1.48. The molecule has 0 aliphatic heterocycles. The van der Waals surface area contributed by atoms with Crippen molar-refractivity contribution in [2.24, 2.45) is 5.16 Å². The van der Waals surface area contributed by atoms with E-state index in [-0.39, 0.29) is 5.57 Å². The lowest BCUT2D eigenvalue weighted by atomic mass is 9.90. The third-order valence-electron chi connectivity index (χ3n) is 3.94. The standard InChI is InChI=1S/C20H21NO5/c1-13-6-4-9-16(17(12-25-2)20(22)23)19(13)18(21-24)11-14-7-5-8-15(10-14)26-3/h4-10,12,24H,11H2,1-3H3,(H,22,23)/b17-12+,21-18?. The summed E-state index contributed by atoms with van der Waals surface area (Å²) in [6.45, 7) is 1.84. The molecule has 0 saturated carbocycles. The van der Waals surface area contributed by atoms with Crippen LogP contribution >= 0.6 is 0 Å². The average molecular weight is 355 g/mol. The molecule has 0 fully saturated rings. The van der Waals surface area contributed by atoms with E-state index in [2.05, 4.69) is 5.16 Å². The number of oxime groups is 1. The summed E-state index contributed by atoms with van der Waals surface area (Å²) >= 11 is 0. The van der Waals surface area contributed by atoms with Crippen LogP contribution in [0.25, 0.3) is 5.57 Å². The van der Waals surface area contributed by atoms with Gasteiger partial charge in [0.2, 0.25) is 0 Å². The van der Waals surface area contributed by atoms with Crippen LogP contribution < -0.4 is 4.74 Å². The van der Waals surface area contributed by atoms with Gasteiger partial charge in [-0.05, 0) is 30.2 Å². The SMILES string of the molecule is CO/C=C(/C(=O)O)c1cccc(C)c1C(Cc1cccc(OC)c1)=NO. The molecule has 2 rings (SSSR count). The van der Waals surface area contributed by atoms with Gasteiger partial charge in [0.05, 0.1) is 26.2 Å². The van der Waals surface area contributed by atoms with E-state index in [0.717, 1.165) is 11.1 Å². The number of rotatable bonds is 7. The molecule has 0 heterocycles. The fourth-order valence-electron chi connectivity index (χ4n) is 2.77. The van der Waals surface area contributed by atoms with Crippen LogP contribution in [0, 0.1) is 6.92 Å². The normalized spacial score (nSPS) is 12.0. The van der Waals surface area contributed by atoms with Gasteiger partial charge in [-0.1, -0.05) is 35.5 Å². The molecule has 0 aliphatic rings. The first-order chi connectivity index (χ1) is 12.5. The van der Waals surface area contributed by atoms with E-state index in [4.69, 9.17) is 9.47 Å². The molecule has 0 aromatic heterocycles. The third kappa shape index (κ3) is 4.22. The molecule has 0 unspecified atom stereocenters. The molecule has 2 aromatic carbocycles. The number of hydrogen-bond acceptors (Lipinski definition) is 5. The third-order valence-corrected chi connectivity index (χ3v) is 3.94. The van der Waals surface area contributed by atoms with Crippen molar-refractivity contribution in [3.05, 3.63) is 71.0 Å². The number of benzene rings is 2. The number of methoxy groups -OCH3 is 2. The van der Waals surface area contributed by atoms with Gasteiger partial charge >= 0.3 is 5.97 Å². The number of aliphatic carboxylic acids is 1. The quantitative estimate of drug-likeness (QED) is 0.261. The van der Waals surface area contributed by atoms with Crippen molar-refractivity contribution in [3.8, 4) is 5.75 Å². The Morgan fingerprint density at radius 3 is 2.54 bits per heavy atom. The molecule has 0 radical (unpaired) electrons. The largest absolute Gasteiger partial charge is 0.503 e. The van der Waals surface area contributed by atoms with Crippen LogP contribution in [0.5, 0.6) is 5.75 Å². The van der Waals surface area contributed by atoms with Gasteiger partial charge in [-0.25, -0.2) is 4.79 Å². The molecule has 136 valence electrons. The van der Waals surface area contributed by atoms with Gasteiger partial charge in [0.1, 0.15) is 11.3 Å². The Balaban J connectivity index is 2.54. The molecule has 26 heavy (non-hydrogen) atoms. The monoisotopic (exact) mass is 355 g/mol. The van der Waals surface area contributed by atoms with Crippen LogP contribution in [-0.2, 0) is 16.0 Å². The highest BCUT2D eigenvalue weighted by Gasteiger charge is 2.20. The summed E-state index contributed by atoms with van der Waals surface area (Å²) in [4.78, 5) is 11.6. The van der Waals surface area contributed by atoms with E-state index in [1.807, 2.05) is 37.3 Å². The summed E-state index contributed by atoms with van der Waals surface area (Å²) in [6, 6.07) is 12.6. The molecule has 6 nitrogen and oxygen atoms in total. The maximum atomic E-state index is 11.6. The second-order valence-corrected chi connectivity index (χ2v) is 5.64. The van der Waals surface area contributed by atoms with Crippen molar-refractivity contribution in [3.63, 3.8) is 0 Å². The van der Waals surface area contributed by atoms with Crippen molar-refractivity contribution in [1.82, 2.24) is 0 Å². The fraction of sp³-hybridized carbons (Fsp3) is 0.200. The Kier molecular flexibility index (Phi) is 6.38. The van der Waals surface area contributed by atoms with Gasteiger partial charge < -0.3 is 19.8 Å². The molecule has 0 aliphatic carbocycles. The van der Waals surface area contributed by atoms with Crippen molar-refractivity contribution < 1.29 is 24.6 Å². The number of ether oxygens (including phenoxy) is 2. The Morgan fingerprint density at radius 2 is 1.92 bits per heavy atom. The second-order valence-electron chi connectivity index (χ2n) is 5.64. The molecular weight excluding hydrogens is 334 g/mol. The lowest BCUT2D eigenvalue weighted by Gasteiger charge is -2.15. The van der Waals surface area contributed by atoms with Gasteiger partial charge in [-0.2, -0.15) is 0 Å². The minimum Gasteiger partial charge on any atom is -0.503 e. The minimum absolute atomic E-state index is 0.0157. The second kappa shape index (κ2) is 8.71. The summed E-state index contributed by atoms with van der Waals surface area (Å²) in [5.41, 5.74) is 2.99. The molecule has 2 aromatic rings. The van der Waals surface area contributed by atoms with Crippen molar-refractivity contribution >= 4 is 17.3 Å². The summed E-state index contributed by atoms with van der Waals surface area (Å²) < 4.78 is 10.1. The maximum Gasteiger partial charge on any atom is 0.339 e. The Morgan fingerprint density at radius 1 is 1.19 bits per heavy atom. The predicted molar refractivity (Wildman–Crippen MR) is 98.8 cm³/mol. The van der Waals surface area contributed by atoms with Crippen molar-refractivity contribution in [2.45, 2.75) is 13.3 Å². The van der Waals surface area contributed by atoms with Crippen LogP contribution in [0.15, 0.2) is 53.9 Å². The molecule has 0 atom stereocenters. The minimum atomic E-state index is -1.13. The lowest BCUT2D eigenvalue weighted by Crippen LogP contribution is -2.13. The predicted octanol–water partition coefficient (Wildman–Crippen LogP) is 3.50. The zero-order chi connectivity index (χ0) is 19.1. The van der Waals surface area contributed by atoms with Crippen LogP contribution in [0.3, 0.4) is 0 Å². The summed E-state index contributed by atoms with van der Waals surface area (Å²) in [5.74, 6) is -0.437. The van der Waals surface area contributed by atoms with E-state index < -0.39 is 5.97 Å². The fourth-order valence-corrected chi connectivity index (χ4v) is 2.77. The highest BCUT2D eigenvalue weighted by atomic mass is 16.5. The number of carboxylic acids is 1. The van der Waals surface area contributed by atoms with Crippen LogP contribution in [0.1, 0.15) is 22.3 Å². The number of hydrogen-bond donors (Lipinski definition) is 2. The molecule has 0 spiro atoms. The first-order valence-electron chi connectivity index (χ1n) is 7.92. The Labute approximate surface area is 152 Å². The first kappa shape index (κ1) is 19.1. The molecular formula is C20H21NO5. The van der Waals surface area contributed by atoms with Gasteiger partial charge in [0.15, 0.2) is 0 Å². The topological polar surface area (TPSA) is 88.4 Å². The van der Waals surface area contributed by atoms with E-state index >= 15 is 0 Å². The molecule has 0 bridgehead atoms. The number of aryl methyl sites for hydroxylation is 1. The number of carbonyl (C=O) groups is 1. The van der Waals surface area contributed by atoms with Gasteiger partial charge in [-0.3, -0.25) is 0 Å². The Hall–Kier alpha value is -3.28. The zero-order valence-corrected chi connectivity index (χ0v) is 14.9. The van der Waals surface area contributed by atoms with Crippen LogP contribution in [0.2, 0.25) is 0 Å². The van der Waals surface area contributed by atoms with Gasteiger partial charge in [0, 0.05) is 17.5 Å². The van der Waals surface area contributed by atoms with E-state index in [9.17, 15) is 15.1 Å². The molecule has 2 N–H and O–H groups in total. The van der Waals surface area contributed by atoms with Gasteiger partial charge in [-0.15, -0.1) is 0 Å². The van der Waals surface area contributed by atoms with E-state index in [0.29, 0.717) is 29.0 Å². The first-order valence-corrected chi connectivity index (χ1v) is 7.92.